The zero-order chi connectivity index (χ0) is 17.2. The number of nitrogens with one attached hydrogen (secondary N) is 1. The van der Waals surface area contributed by atoms with Gasteiger partial charge in [-0.2, -0.15) is 0 Å². The van der Waals surface area contributed by atoms with Crippen LogP contribution >= 0.6 is 0 Å². The summed E-state index contributed by atoms with van der Waals surface area (Å²) in [5.41, 5.74) is 2.94. The second kappa shape index (κ2) is 9.25. The Morgan fingerprint density at radius 1 is 1.29 bits per heavy atom. The second-order valence-corrected chi connectivity index (χ2v) is 5.15. The van der Waals surface area contributed by atoms with E-state index in [-0.39, 0.29) is 12.0 Å². The van der Waals surface area contributed by atoms with Crippen LogP contribution in [0.15, 0.2) is 54.9 Å². The van der Waals surface area contributed by atoms with Crippen LogP contribution in [-0.4, -0.2) is 24.0 Å². The Morgan fingerprint density at radius 2 is 2.08 bits per heavy atom. The third kappa shape index (κ3) is 5.35. The van der Waals surface area contributed by atoms with Crippen LogP contribution in [0.2, 0.25) is 0 Å². The lowest BCUT2D eigenvalue weighted by molar-refractivity contribution is -0.137. The van der Waals surface area contributed by atoms with Gasteiger partial charge in [0.25, 0.3) is 0 Å². The fourth-order valence-electron chi connectivity index (χ4n) is 2.29. The number of nitrogens with zero attached hydrogens (tertiary/aromatic N) is 1. The van der Waals surface area contributed by atoms with Gasteiger partial charge in [-0.1, -0.05) is 30.3 Å². The summed E-state index contributed by atoms with van der Waals surface area (Å²) in [6.07, 6.45) is 7.93. The molecule has 0 saturated heterocycles. The fourth-order valence-corrected chi connectivity index (χ4v) is 2.29. The predicted molar refractivity (Wildman–Crippen MR) is 92.0 cm³/mol. The molecule has 1 unspecified atom stereocenters. The number of benzene rings is 1. The van der Waals surface area contributed by atoms with E-state index in [0.29, 0.717) is 19.4 Å². The zero-order valence-electron chi connectivity index (χ0n) is 13.5. The van der Waals surface area contributed by atoms with E-state index >= 15 is 0 Å². The van der Waals surface area contributed by atoms with Gasteiger partial charge in [0.05, 0.1) is 12.6 Å². The Bertz CT molecular complexity index is 682. The molecule has 5 nitrogen and oxygen atoms in total. The molecular formula is C19H20N2O3. The van der Waals surface area contributed by atoms with Gasteiger partial charge in [-0.05, 0) is 42.2 Å². The van der Waals surface area contributed by atoms with Gasteiger partial charge in [-0.25, -0.2) is 4.79 Å². The molecule has 2 aromatic rings. The van der Waals surface area contributed by atoms with Crippen molar-refractivity contribution in [2.75, 3.05) is 6.61 Å². The molecule has 1 aromatic heterocycles. The number of amides is 1. The van der Waals surface area contributed by atoms with Gasteiger partial charge in [0.1, 0.15) is 0 Å². The summed E-state index contributed by atoms with van der Waals surface area (Å²) in [6, 6.07) is 11.4. The molecule has 1 aromatic carbocycles. The Morgan fingerprint density at radius 3 is 2.71 bits per heavy atom. The van der Waals surface area contributed by atoms with Crippen molar-refractivity contribution in [1.29, 1.82) is 0 Å². The first-order valence-electron chi connectivity index (χ1n) is 7.76. The highest BCUT2D eigenvalue weighted by Crippen LogP contribution is 2.18. The quantitative estimate of drug-likeness (QED) is 0.460. The fraction of sp³-hybridized carbons (Fsp3) is 0.211. The third-order valence-electron chi connectivity index (χ3n) is 3.47. The van der Waals surface area contributed by atoms with Crippen LogP contribution in [0.1, 0.15) is 29.7 Å². The molecule has 1 N–H and O–H groups in total. The van der Waals surface area contributed by atoms with E-state index in [2.05, 4.69) is 10.3 Å². The van der Waals surface area contributed by atoms with Gasteiger partial charge in [-0.3, -0.25) is 9.78 Å². The summed E-state index contributed by atoms with van der Waals surface area (Å²) in [7, 11) is 0. The number of carbonyl (C=O) groups is 2. The molecule has 1 amide bonds. The second-order valence-electron chi connectivity index (χ2n) is 5.15. The minimum atomic E-state index is -0.353. The van der Waals surface area contributed by atoms with Crippen molar-refractivity contribution in [1.82, 2.24) is 10.3 Å². The number of hydrogen-bond acceptors (Lipinski definition) is 4. The van der Waals surface area contributed by atoms with E-state index in [4.69, 9.17) is 4.74 Å². The molecule has 24 heavy (non-hydrogen) atoms. The van der Waals surface area contributed by atoms with E-state index in [1.165, 1.54) is 6.08 Å². The molecule has 5 heteroatoms. The summed E-state index contributed by atoms with van der Waals surface area (Å²) in [4.78, 5) is 26.2. The standard InChI is InChI=1S/C19H20N2O3/c1-2-24-19(23)10-9-15-5-7-16(8-6-15)12-18(21-14-22)17-4-3-11-20-13-17/h3-11,13-14,18H,2,12H2,1H3,(H,21,22). The number of rotatable bonds is 8. The van der Waals surface area contributed by atoms with Crippen molar-refractivity contribution in [2.24, 2.45) is 0 Å². The molecule has 124 valence electrons. The Kier molecular flexibility index (Phi) is 6.71. The zero-order valence-corrected chi connectivity index (χ0v) is 13.5. The first-order chi connectivity index (χ1) is 11.7. The van der Waals surface area contributed by atoms with Gasteiger partial charge in [0, 0.05) is 18.5 Å². The molecule has 1 atom stereocenters. The van der Waals surface area contributed by atoms with Crippen LogP contribution in [0, 0.1) is 0 Å². The van der Waals surface area contributed by atoms with Crippen molar-refractivity contribution in [2.45, 2.75) is 19.4 Å². The van der Waals surface area contributed by atoms with Gasteiger partial charge in [0.2, 0.25) is 6.41 Å². The lowest BCUT2D eigenvalue weighted by Gasteiger charge is -2.16. The van der Waals surface area contributed by atoms with Crippen LogP contribution < -0.4 is 5.32 Å². The monoisotopic (exact) mass is 324 g/mol. The minimum Gasteiger partial charge on any atom is -0.463 e. The van der Waals surface area contributed by atoms with Crippen LogP contribution in [0.25, 0.3) is 6.08 Å². The summed E-state index contributed by atoms with van der Waals surface area (Å²) in [6.45, 7) is 2.13. The smallest absolute Gasteiger partial charge is 0.330 e. The van der Waals surface area contributed by atoms with Crippen LogP contribution in [0.4, 0.5) is 0 Å². The average molecular weight is 324 g/mol. The van der Waals surface area contributed by atoms with Crippen molar-refractivity contribution in [3.05, 3.63) is 71.6 Å². The molecule has 0 bridgehead atoms. The van der Waals surface area contributed by atoms with Crippen LogP contribution in [-0.2, 0) is 20.7 Å². The molecule has 0 aliphatic carbocycles. The van der Waals surface area contributed by atoms with Gasteiger partial charge in [0.15, 0.2) is 0 Å². The lowest BCUT2D eigenvalue weighted by atomic mass is 9.99. The number of pyridine rings is 1. The van der Waals surface area contributed by atoms with E-state index in [1.54, 1.807) is 25.4 Å². The number of carbonyl (C=O) groups excluding carboxylic acids is 2. The maximum Gasteiger partial charge on any atom is 0.330 e. The van der Waals surface area contributed by atoms with Gasteiger partial charge >= 0.3 is 5.97 Å². The number of hydrogen-bond donors (Lipinski definition) is 1. The molecule has 0 fully saturated rings. The van der Waals surface area contributed by atoms with Gasteiger partial charge < -0.3 is 10.1 Å². The largest absolute Gasteiger partial charge is 0.463 e. The van der Waals surface area contributed by atoms with E-state index < -0.39 is 0 Å². The summed E-state index contributed by atoms with van der Waals surface area (Å²) < 4.78 is 4.84. The topological polar surface area (TPSA) is 68.3 Å². The predicted octanol–water partition coefficient (Wildman–Crippen LogP) is 2.69. The first-order valence-corrected chi connectivity index (χ1v) is 7.76. The molecular weight excluding hydrogens is 304 g/mol. The number of esters is 1. The molecule has 0 saturated carbocycles. The Balaban J connectivity index is 2.04. The van der Waals surface area contributed by atoms with Crippen molar-refractivity contribution < 1.29 is 14.3 Å². The summed E-state index contributed by atoms with van der Waals surface area (Å²) >= 11 is 0. The lowest BCUT2D eigenvalue weighted by Crippen LogP contribution is -2.21. The van der Waals surface area contributed by atoms with Crippen LogP contribution in [0.3, 0.4) is 0 Å². The van der Waals surface area contributed by atoms with E-state index in [9.17, 15) is 9.59 Å². The maximum atomic E-state index is 11.3. The first kappa shape index (κ1) is 17.4. The van der Waals surface area contributed by atoms with Crippen molar-refractivity contribution in [3.63, 3.8) is 0 Å². The minimum absolute atomic E-state index is 0.128. The summed E-state index contributed by atoms with van der Waals surface area (Å²) in [5.74, 6) is -0.353. The van der Waals surface area contributed by atoms with Gasteiger partial charge in [-0.15, -0.1) is 0 Å². The Labute approximate surface area is 141 Å². The van der Waals surface area contributed by atoms with Crippen molar-refractivity contribution in [3.8, 4) is 0 Å². The highest BCUT2D eigenvalue weighted by Gasteiger charge is 2.11. The van der Waals surface area contributed by atoms with Crippen molar-refractivity contribution >= 4 is 18.5 Å². The number of aromatic nitrogens is 1. The summed E-state index contributed by atoms with van der Waals surface area (Å²) in [5, 5.41) is 2.82. The highest BCUT2D eigenvalue weighted by atomic mass is 16.5. The van der Waals surface area contributed by atoms with E-state index in [0.717, 1.165) is 16.7 Å². The molecule has 0 spiro atoms. The average Bonchev–Trinajstić information content (AvgIpc) is 2.62. The maximum absolute atomic E-state index is 11.3. The molecule has 0 aliphatic heterocycles. The Hall–Kier alpha value is -2.95. The third-order valence-corrected chi connectivity index (χ3v) is 3.47. The SMILES string of the molecule is CCOC(=O)C=Cc1ccc(CC(NC=O)c2cccnc2)cc1. The molecule has 0 radical (unpaired) electrons. The van der Waals surface area contributed by atoms with E-state index in [1.807, 2.05) is 36.4 Å². The number of ether oxygens (including phenoxy) is 1. The highest BCUT2D eigenvalue weighted by molar-refractivity contribution is 5.87. The molecule has 1 heterocycles. The van der Waals surface area contributed by atoms with Crippen LogP contribution in [0.5, 0.6) is 0 Å². The molecule has 2 rings (SSSR count). The normalized spacial score (nSPS) is 11.9. The molecule has 0 aliphatic rings.